The van der Waals surface area contributed by atoms with Gasteiger partial charge in [-0.15, -0.1) is 11.3 Å². The first-order valence-corrected chi connectivity index (χ1v) is 7.03. The minimum absolute atomic E-state index is 0.0256. The van der Waals surface area contributed by atoms with E-state index in [4.69, 9.17) is 0 Å². The van der Waals surface area contributed by atoms with Crippen LogP contribution in [0.25, 0.3) is 21.8 Å². The number of rotatable bonds is 2. The number of aromatic nitrogens is 2. The largest absolute Gasteiger partial charge is 0.493 e. The fraction of sp³-hybridized carbons (Fsp3) is 0.0667. The molecule has 0 saturated carbocycles. The number of nitrogens with zero attached hydrogens (tertiary/aromatic N) is 1. The van der Waals surface area contributed by atoms with Crippen molar-refractivity contribution < 1.29 is 9.50 Å². The van der Waals surface area contributed by atoms with Gasteiger partial charge in [-0.25, -0.2) is 4.39 Å². The molecule has 2 heterocycles. The molecule has 106 valence electrons. The minimum Gasteiger partial charge on any atom is -0.493 e. The highest BCUT2D eigenvalue weighted by Crippen LogP contribution is 2.29. The monoisotopic (exact) mass is 302 g/mol. The molecule has 0 aliphatic rings. The first-order chi connectivity index (χ1) is 10.1. The molecule has 0 aliphatic carbocycles. The van der Waals surface area contributed by atoms with Crippen molar-refractivity contribution in [3.05, 3.63) is 57.4 Å². The molecule has 1 aromatic carbocycles. The molecule has 2 aromatic heterocycles. The van der Waals surface area contributed by atoms with Gasteiger partial charge in [0.2, 0.25) is 5.88 Å². The molecule has 4 nitrogen and oxygen atoms in total. The number of hydrogen-bond donors (Lipinski definition) is 2. The fourth-order valence-corrected chi connectivity index (χ4v) is 2.86. The van der Waals surface area contributed by atoms with E-state index in [0.29, 0.717) is 0 Å². The lowest BCUT2D eigenvalue weighted by molar-refractivity contribution is 0.453. The van der Waals surface area contributed by atoms with Gasteiger partial charge in [0.1, 0.15) is 11.4 Å². The van der Waals surface area contributed by atoms with Crippen molar-refractivity contribution in [3.63, 3.8) is 0 Å². The molecule has 3 rings (SSSR count). The number of nitrogens with one attached hydrogen (secondary N) is 1. The minimum atomic E-state index is -0.584. The normalized spacial score (nSPS) is 10.8. The highest BCUT2D eigenvalue weighted by atomic mass is 32.1. The molecule has 0 radical (unpaired) electrons. The standard InChI is InChI=1S/C15H11FN2O2S/c1-8-6-7-11(21-8)13-17-14(19)12(15(20)18-13)9-4-2-3-5-10(9)16/h2-7H,1H3,(H2,17,18,19,20). The van der Waals surface area contributed by atoms with Crippen molar-refractivity contribution in [3.8, 4) is 27.7 Å². The molecule has 3 aromatic rings. The van der Waals surface area contributed by atoms with Crippen LogP contribution in [0, 0.1) is 12.7 Å². The van der Waals surface area contributed by atoms with Gasteiger partial charge in [-0.05, 0) is 25.1 Å². The number of thiophene rings is 1. The summed E-state index contributed by atoms with van der Waals surface area (Å²) in [5.74, 6) is -0.791. The summed E-state index contributed by atoms with van der Waals surface area (Å²) in [5, 5.41) is 10.0. The quantitative estimate of drug-likeness (QED) is 0.763. The Morgan fingerprint density at radius 2 is 2.00 bits per heavy atom. The smallest absolute Gasteiger partial charge is 0.263 e. The second-order valence-electron chi connectivity index (χ2n) is 4.50. The van der Waals surface area contributed by atoms with Gasteiger partial charge in [0, 0.05) is 10.4 Å². The van der Waals surface area contributed by atoms with Crippen LogP contribution in [0.15, 0.2) is 41.2 Å². The van der Waals surface area contributed by atoms with Gasteiger partial charge in [0.15, 0.2) is 5.82 Å². The molecule has 0 spiro atoms. The molecule has 6 heteroatoms. The first kappa shape index (κ1) is 13.5. The third-order valence-corrected chi connectivity index (χ3v) is 4.02. The summed E-state index contributed by atoms with van der Waals surface area (Å²) in [6.07, 6.45) is 0. The number of halogens is 1. The molecule has 2 N–H and O–H groups in total. The maximum absolute atomic E-state index is 13.8. The van der Waals surface area contributed by atoms with E-state index in [1.807, 2.05) is 13.0 Å². The van der Waals surface area contributed by atoms with Gasteiger partial charge in [-0.1, -0.05) is 18.2 Å². The highest BCUT2D eigenvalue weighted by Gasteiger charge is 2.17. The first-order valence-electron chi connectivity index (χ1n) is 6.21. The van der Waals surface area contributed by atoms with Gasteiger partial charge >= 0.3 is 0 Å². The fourth-order valence-electron chi connectivity index (χ4n) is 2.05. The van der Waals surface area contributed by atoms with Crippen LogP contribution in [-0.4, -0.2) is 15.1 Å². The second kappa shape index (κ2) is 5.14. The molecular weight excluding hydrogens is 291 g/mol. The summed E-state index contributed by atoms with van der Waals surface area (Å²) in [5.41, 5.74) is -0.712. The van der Waals surface area contributed by atoms with Crippen LogP contribution in [0.3, 0.4) is 0 Å². The summed E-state index contributed by atoms with van der Waals surface area (Å²) >= 11 is 1.45. The maximum Gasteiger partial charge on any atom is 0.263 e. The average molecular weight is 302 g/mol. The molecule has 0 saturated heterocycles. The van der Waals surface area contributed by atoms with Crippen LogP contribution in [0.4, 0.5) is 4.39 Å². The van der Waals surface area contributed by atoms with Crippen molar-refractivity contribution in [2.45, 2.75) is 6.92 Å². The van der Waals surface area contributed by atoms with Crippen molar-refractivity contribution in [2.75, 3.05) is 0 Å². The molecule has 0 amide bonds. The zero-order valence-corrected chi connectivity index (χ0v) is 11.9. The summed E-state index contributed by atoms with van der Waals surface area (Å²) < 4.78 is 13.8. The topological polar surface area (TPSA) is 66.0 Å². The Labute approximate surface area is 123 Å². The predicted octanol–water partition coefficient (Wildman–Crippen LogP) is 3.32. The Bertz CT molecular complexity index is 870. The van der Waals surface area contributed by atoms with E-state index in [1.54, 1.807) is 12.1 Å². The number of aromatic hydroxyl groups is 1. The zero-order chi connectivity index (χ0) is 15.0. The lowest BCUT2D eigenvalue weighted by atomic mass is 10.1. The van der Waals surface area contributed by atoms with E-state index in [0.717, 1.165) is 9.75 Å². The summed E-state index contributed by atoms with van der Waals surface area (Å²) in [6, 6.07) is 9.46. The number of aryl methyl sites for hydroxylation is 1. The van der Waals surface area contributed by atoms with Crippen molar-refractivity contribution in [2.24, 2.45) is 0 Å². The average Bonchev–Trinajstić information content (AvgIpc) is 2.87. The molecule has 0 aliphatic heterocycles. The Balaban J connectivity index is 2.18. The van der Waals surface area contributed by atoms with Crippen molar-refractivity contribution in [1.29, 1.82) is 0 Å². The van der Waals surface area contributed by atoms with Crippen LogP contribution in [-0.2, 0) is 0 Å². The zero-order valence-electron chi connectivity index (χ0n) is 11.1. The van der Waals surface area contributed by atoms with Gasteiger partial charge in [0.25, 0.3) is 5.56 Å². The van der Waals surface area contributed by atoms with Gasteiger partial charge in [0.05, 0.1) is 4.88 Å². The van der Waals surface area contributed by atoms with Crippen LogP contribution >= 0.6 is 11.3 Å². The Morgan fingerprint density at radius 1 is 1.24 bits per heavy atom. The van der Waals surface area contributed by atoms with E-state index < -0.39 is 17.3 Å². The van der Waals surface area contributed by atoms with Crippen molar-refractivity contribution >= 4 is 11.3 Å². The number of aromatic amines is 1. The highest BCUT2D eigenvalue weighted by molar-refractivity contribution is 7.15. The van der Waals surface area contributed by atoms with E-state index in [2.05, 4.69) is 9.97 Å². The molecule has 0 unspecified atom stereocenters. The number of benzene rings is 1. The lowest BCUT2D eigenvalue weighted by Crippen LogP contribution is -2.12. The third-order valence-electron chi connectivity index (χ3n) is 3.02. The Hall–Kier alpha value is -2.47. The van der Waals surface area contributed by atoms with E-state index >= 15 is 0 Å². The van der Waals surface area contributed by atoms with E-state index in [1.165, 1.54) is 29.5 Å². The predicted molar refractivity (Wildman–Crippen MR) is 80.0 cm³/mol. The van der Waals surface area contributed by atoms with Crippen LogP contribution in [0.2, 0.25) is 0 Å². The second-order valence-corrected chi connectivity index (χ2v) is 5.79. The van der Waals surface area contributed by atoms with Crippen molar-refractivity contribution in [1.82, 2.24) is 9.97 Å². The van der Waals surface area contributed by atoms with Crippen LogP contribution < -0.4 is 5.56 Å². The Kier molecular flexibility index (Phi) is 3.31. The molecular formula is C15H11FN2O2S. The SMILES string of the molecule is Cc1ccc(-c2nc(O)c(-c3ccccc3F)c(=O)[nH]2)s1. The lowest BCUT2D eigenvalue weighted by Gasteiger charge is -2.06. The van der Waals surface area contributed by atoms with Gasteiger partial charge in [-0.3, -0.25) is 4.79 Å². The summed E-state index contributed by atoms with van der Waals surface area (Å²) in [7, 11) is 0. The Morgan fingerprint density at radius 3 is 2.62 bits per heavy atom. The van der Waals surface area contributed by atoms with Crippen LogP contribution in [0.1, 0.15) is 4.88 Å². The molecule has 0 bridgehead atoms. The molecule has 21 heavy (non-hydrogen) atoms. The molecule has 0 fully saturated rings. The maximum atomic E-state index is 13.8. The van der Waals surface area contributed by atoms with E-state index in [-0.39, 0.29) is 17.0 Å². The van der Waals surface area contributed by atoms with Gasteiger partial charge < -0.3 is 10.1 Å². The van der Waals surface area contributed by atoms with E-state index in [9.17, 15) is 14.3 Å². The number of H-pyrrole nitrogens is 1. The summed E-state index contributed by atoms with van der Waals surface area (Å²) in [6.45, 7) is 1.93. The molecule has 0 atom stereocenters. The number of hydrogen-bond acceptors (Lipinski definition) is 4. The van der Waals surface area contributed by atoms with Crippen LogP contribution in [0.5, 0.6) is 5.88 Å². The summed E-state index contributed by atoms with van der Waals surface area (Å²) in [4.78, 5) is 20.5. The van der Waals surface area contributed by atoms with Gasteiger partial charge in [-0.2, -0.15) is 4.98 Å². The third kappa shape index (κ3) is 2.45.